The molecule has 1 rings (SSSR count). The SMILES string of the molecule is CC(=O)c1ccc(Br)c(N)c1Br. The van der Waals surface area contributed by atoms with Crippen molar-refractivity contribution in [1.82, 2.24) is 0 Å². The van der Waals surface area contributed by atoms with E-state index in [1.807, 2.05) is 0 Å². The Bertz CT molecular complexity index is 336. The van der Waals surface area contributed by atoms with Crippen molar-refractivity contribution in [3.05, 3.63) is 26.6 Å². The van der Waals surface area contributed by atoms with Gasteiger partial charge in [0.2, 0.25) is 0 Å². The van der Waals surface area contributed by atoms with E-state index in [1.165, 1.54) is 6.92 Å². The molecule has 1 aromatic rings. The zero-order chi connectivity index (χ0) is 9.30. The molecule has 0 spiro atoms. The standard InChI is InChI=1S/C8H7Br2NO/c1-4(12)5-2-3-6(9)8(11)7(5)10/h2-3H,11H2,1H3. The Morgan fingerprint density at radius 3 is 2.50 bits per heavy atom. The van der Waals surface area contributed by atoms with Crippen molar-refractivity contribution < 1.29 is 4.79 Å². The minimum absolute atomic E-state index is 0.000995. The molecule has 0 aliphatic heterocycles. The summed E-state index contributed by atoms with van der Waals surface area (Å²) in [4.78, 5) is 11.0. The fraction of sp³-hybridized carbons (Fsp3) is 0.125. The summed E-state index contributed by atoms with van der Waals surface area (Å²) in [5, 5.41) is 0. The molecule has 0 atom stereocenters. The van der Waals surface area contributed by atoms with Gasteiger partial charge in [-0.05, 0) is 50.9 Å². The first-order valence-corrected chi connectivity index (χ1v) is 4.87. The average molecular weight is 293 g/mol. The van der Waals surface area contributed by atoms with Crippen molar-refractivity contribution in [1.29, 1.82) is 0 Å². The largest absolute Gasteiger partial charge is 0.397 e. The molecular weight excluding hydrogens is 286 g/mol. The first-order valence-electron chi connectivity index (χ1n) is 3.28. The molecule has 0 fully saturated rings. The number of hydrogen-bond acceptors (Lipinski definition) is 2. The van der Waals surface area contributed by atoms with E-state index < -0.39 is 0 Å². The Morgan fingerprint density at radius 1 is 1.42 bits per heavy atom. The summed E-state index contributed by atoms with van der Waals surface area (Å²) < 4.78 is 1.45. The summed E-state index contributed by atoms with van der Waals surface area (Å²) in [6.07, 6.45) is 0. The van der Waals surface area contributed by atoms with Gasteiger partial charge in [-0.2, -0.15) is 0 Å². The van der Waals surface area contributed by atoms with Crippen LogP contribution >= 0.6 is 31.9 Å². The highest BCUT2D eigenvalue weighted by atomic mass is 79.9. The molecule has 0 radical (unpaired) electrons. The first kappa shape index (κ1) is 9.74. The van der Waals surface area contributed by atoms with Gasteiger partial charge in [0.25, 0.3) is 0 Å². The molecule has 4 heteroatoms. The third kappa shape index (κ3) is 1.69. The van der Waals surface area contributed by atoms with Crippen molar-refractivity contribution in [2.75, 3.05) is 5.73 Å². The van der Waals surface area contributed by atoms with Gasteiger partial charge in [-0.1, -0.05) is 0 Å². The van der Waals surface area contributed by atoms with Crippen molar-refractivity contribution in [3.63, 3.8) is 0 Å². The molecule has 0 heterocycles. The summed E-state index contributed by atoms with van der Waals surface area (Å²) in [5.41, 5.74) is 6.84. The van der Waals surface area contributed by atoms with Crippen LogP contribution in [0.5, 0.6) is 0 Å². The molecule has 0 saturated heterocycles. The molecule has 0 unspecified atom stereocenters. The monoisotopic (exact) mass is 291 g/mol. The summed E-state index contributed by atoms with van der Waals surface area (Å²) in [5.74, 6) is 0.000995. The Balaban J connectivity index is 3.36. The van der Waals surface area contributed by atoms with E-state index in [-0.39, 0.29) is 5.78 Å². The number of anilines is 1. The number of rotatable bonds is 1. The van der Waals surface area contributed by atoms with E-state index in [9.17, 15) is 4.79 Å². The second-order valence-electron chi connectivity index (χ2n) is 2.38. The van der Waals surface area contributed by atoms with E-state index in [0.29, 0.717) is 15.7 Å². The second-order valence-corrected chi connectivity index (χ2v) is 4.03. The van der Waals surface area contributed by atoms with Crippen LogP contribution in [-0.2, 0) is 0 Å². The third-order valence-corrected chi connectivity index (χ3v) is 3.05. The molecule has 0 saturated carbocycles. The molecule has 0 aliphatic rings. The van der Waals surface area contributed by atoms with Crippen molar-refractivity contribution in [2.45, 2.75) is 6.92 Å². The highest BCUT2D eigenvalue weighted by molar-refractivity contribution is 9.11. The minimum atomic E-state index is 0.000995. The molecule has 0 amide bonds. The zero-order valence-electron chi connectivity index (χ0n) is 6.40. The van der Waals surface area contributed by atoms with Crippen LogP contribution in [0.25, 0.3) is 0 Å². The van der Waals surface area contributed by atoms with Gasteiger partial charge in [0.15, 0.2) is 5.78 Å². The highest BCUT2D eigenvalue weighted by Crippen LogP contribution is 2.31. The van der Waals surface area contributed by atoms with Crippen molar-refractivity contribution in [3.8, 4) is 0 Å². The summed E-state index contributed by atoms with van der Waals surface area (Å²) in [6.45, 7) is 1.51. The van der Waals surface area contributed by atoms with E-state index >= 15 is 0 Å². The van der Waals surface area contributed by atoms with Crippen LogP contribution in [0.1, 0.15) is 17.3 Å². The molecule has 64 valence electrons. The van der Waals surface area contributed by atoms with Crippen LogP contribution in [0.3, 0.4) is 0 Å². The van der Waals surface area contributed by atoms with Crippen LogP contribution in [0.2, 0.25) is 0 Å². The maximum Gasteiger partial charge on any atom is 0.161 e. The predicted octanol–water partition coefficient (Wildman–Crippen LogP) is 3.00. The summed E-state index contributed by atoms with van der Waals surface area (Å²) in [7, 11) is 0. The number of Topliss-reactive ketones (excluding diaryl/α,β-unsaturated/α-hetero) is 1. The molecule has 1 aromatic carbocycles. The van der Waals surface area contributed by atoms with Gasteiger partial charge in [0.1, 0.15) is 0 Å². The lowest BCUT2D eigenvalue weighted by molar-refractivity contribution is 0.101. The fourth-order valence-corrected chi connectivity index (χ4v) is 2.06. The number of hydrogen-bond donors (Lipinski definition) is 1. The summed E-state index contributed by atoms with van der Waals surface area (Å²) in [6, 6.07) is 3.49. The number of benzene rings is 1. The van der Waals surface area contributed by atoms with Gasteiger partial charge >= 0.3 is 0 Å². The van der Waals surface area contributed by atoms with E-state index in [2.05, 4.69) is 31.9 Å². The Kier molecular flexibility index (Phi) is 2.90. The van der Waals surface area contributed by atoms with Crippen LogP contribution in [0, 0.1) is 0 Å². The van der Waals surface area contributed by atoms with Gasteiger partial charge in [0, 0.05) is 10.0 Å². The number of halogens is 2. The van der Waals surface area contributed by atoms with Gasteiger partial charge in [-0.3, -0.25) is 4.79 Å². The molecule has 0 aromatic heterocycles. The van der Waals surface area contributed by atoms with Gasteiger partial charge < -0.3 is 5.73 Å². The van der Waals surface area contributed by atoms with Crippen LogP contribution in [0.15, 0.2) is 21.1 Å². The highest BCUT2D eigenvalue weighted by Gasteiger charge is 2.09. The number of nitrogens with two attached hydrogens (primary N) is 1. The number of carbonyl (C=O) groups excluding carboxylic acids is 1. The van der Waals surface area contributed by atoms with Crippen molar-refractivity contribution in [2.24, 2.45) is 0 Å². The number of nitrogen functional groups attached to an aromatic ring is 1. The van der Waals surface area contributed by atoms with Gasteiger partial charge in [-0.15, -0.1) is 0 Å². The molecular formula is C8H7Br2NO. The number of ketones is 1. The lowest BCUT2D eigenvalue weighted by atomic mass is 10.1. The Hall–Kier alpha value is -0.350. The van der Waals surface area contributed by atoms with Gasteiger partial charge in [-0.25, -0.2) is 0 Å². The van der Waals surface area contributed by atoms with E-state index in [1.54, 1.807) is 12.1 Å². The first-order chi connectivity index (χ1) is 5.54. The Morgan fingerprint density at radius 2 is 2.00 bits per heavy atom. The average Bonchev–Trinajstić information content (AvgIpc) is 2.00. The lowest BCUT2D eigenvalue weighted by Crippen LogP contribution is -1.98. The maximum atomic E-state index is 11.0. The van der Waals surface area contributed by atoms with Crippen LogP contribution in [-0.4, -0.2) is 5.78 Å². The maximum absolute atomic E-state index is 11.0. The molecule has 2 N–H and O–H groups in total. The van der Waals surface area contributed by atoms with Crippen LogP contribution < -0.4 is 5.73 Å². The second kappa shape index (κ2) is 3.58. The molecule has 0 aliphatic carbocycles. The topological polar surface area (TPSA) is 43.1 Å². The Labute approximate surface area is 87.4 Å². The number of carbonyl (C=O) groups is 1. The predicted molar refractivity (Wildman–Crippen MR) is 56.3 cm³/mol. The quantitative estimate of drug-likeness (QED) is 0.639. The minimum Gasteiger partial charge on any atom is -0.397 e. The van der Waals surface area contributed by atoms with Crippen molar-refractivity contribution >= 4 is 43.3 Å². The molecule has 12 heavy (non-hydrogen) atoms. The normalized spacial score (nSPS) is 9.92. The lowest BCUT2D eigenvalue weighted by Gasteiger charge is -2.04. The third-order valence-electron chi connectivity index (χ3n) is 1.51. The van der Waals surface area contributed by atoms with Crippen LogP contribution in [0.4, 0.5) is 5.69 Å². The molecule has 2 nitrogen and oxygen atoms in total. The molecule has 0 bridgehead atoms. The van der Waals surface area contributed by atoms with Gasteiger partial charge in [0.05, 0.1) is 10.2 Å². The summed E-state index contributed by atoms with van der Waals surface area (Å²) >= 11 is 6.52. The van der Waals surface area contributed by atoms with E-state index in [0.717, 1.165) is 4.47 Å². The smallest absolute Gasteiger partial charge is 0.161 e. The fourth-order valence-electron chi connectivity index (χ4n) is 0.841. The zero-order valence-corrected chi connectivity index (χ0v) is 9.57. The van der Waals surface area contributed by atoms with E-state index in [4.69, 9.17) is 5.73 Å².